The quantitative estimate of drug-likeness (QED) is 0.405. The molecule has 0 fully saturated rings. The Hall–Kier alpha value is -2.62. The van der Waals surface area contributed by atoms with Gasteiger partial charge >= 0.3 is 0 Å². The predicted molar refractivity (Wildman–Crippen MR) is 113 cm³/mol. The van der Waals surface area contributed by atoms with Crippen LogP contribution in [0.4, 0.5) is 0 Å². The van der Waals surface area contributed by atoms with Crippen molar-refractivity contribution < 1.29 is 19.4 Å². The van der Waals surface area contributed by atoms with Gasteiger partial charge in [-0.1, -0.05) is 69.4 Å². The van der Waals surface area contributed by atoms with Gasteiger partial charge in [0.2, 0.25) is 0 Å². The van der Waals surface area contributed by atoms with Crippen molar-refractivity contribution in [3.8, 4) is 11.5 Å². The lowest BCUT2D eigenvalue weighted by molar-refractivity contribution is -0.115. The highest BCUT2D eigenvalue weighted by molar-refractivity contribution is 6.10. The van der Waals surface area contributed by atoms with Crippen molar-refractivity contribution in [3.05, 3.63) is 59.7 Å². The monoisotopic (exact) mass is 384 g/mol. The first kappa shape index (κ1) is 23.4. The molecular formula is C24H32O4. The standard InChI is InChI=1S/C21H26O3.C3H6O/c1-2-3-4-5-6-10-15-24-18-13-14-19(20(22)16-18)21(23)17-11-8-7-9-12-17;1-3(2)4/h7-9,11-14,16,22H,2-6,10,15H2,1H3;1-2H3. The fourth-order valence-corrected chi connectivity index (χ4v) is 2.61. The van der Waals surface area contributed by atoms with Crippen LogP contribution >= 0.6 is 0 Å². The highest BCUT2D eigenvalue weighted by Crippen LogP contribution is 2.26. The molecule has 0 amide bonds. The second kappa shape index (κ2) is 13.5. The Morgan fingerprint density at radius 3 is 2.11 bits per heavy atom. The van der Waals surface area contributed by atoms with Crippen LogP contribution in [0.25, 0.3) is 0 Å². The fraction of sp³-hybridized carbons (Fsp3) is 0.417. The van der Waals surface area contributed by atoms with E-state index in [0.29, 0.717) is 23.5 Å². The van der Waals surface area contributed by atoms with Crippen LogP contribution in [-0.2, 0) is 4.79 Å². The molecule has 0 saturated carbocycles. The summed E-state index contributed by atoms with van der Waals surface area (Å²) in [6.07, 6.45) is 7.25. The second-order valence-electron chi connectivity index (χ2n) is 6.90. The molecule has 0 aromatic heterocycles. The van der Waals surface area contributed by atoms with Crippen molar-refractivity contribution in [3.63, 3.8) is 0 Å². The van der Waals surface area contributed by atoms with E-state index >= 15 is 0 Å². The van der Waals surface area contributed by atoms with E-state index in [1.165, 1.54) is 45.6 Å². The van der Waals surface area contributed by atoms with Crippen molar-refractivity contribution >= 4 is 11.6 Å². The van der Waals surface area contributed by atoms with Crippen LogP contribution in [0.3, 0.4) is 0 Å². The lowest BCUT2D eigenvalue weighted by Crippen LogP contribution is -2.02. The van der Waals surface area contributed by atoms with Crippen molar-refractivity contribution in [2.24, 2.45) is 0 Å². The van der Waals surface area contributed by atoms with Gasteiger partial charge in [-0.2, -0.15) is 0 Å². The summed E-state index contributed by atoms with van der Waals surface area (Å²) in [4.78, 5) is 21.8. The minimum absolute atomic E-state index is 0.0377. The summed E-state index contributed by atoms with van der Waals surface area (Å²) < 4.78 is 5.66. The van der Waals surface area contributed by atoms with Crippen LogP contribution in [0.1, 0.15) is 75.2 Å². The summed E-state index contributed by atoms with van der Waals surface area (Å²) in [6, 6.07) is 13.8. The van der Waals surface area contributed by atoms with Gasteiger partial charge in [-0.3, -0.25) is 4.79 Å². The molecule has 0 atom stereocenters. The van der Waals surface area contributed by atoms with Gasteiger partial charge in [0.05, 0.1) is 12.2 Å². The van der Waals surface area contributed by atoms with Crippen LogP contribution < -0.4 is 4.74 Å². The van der Waals surface area contributed by atoms with Crippen molar-refractivity contribution in [1.29, 1.82) is 0 Å². The van der Waals surface area contributed by atoms with Crippen molar-refractivity contribution in [2.75, 3.05) is 6.61 Å². The van der Waals surface area contributed by atoms with E-state index in [1.54, 1.807) is 24.3 Å². The van der Waals surface area contributed by atoms with E-state index in [1.807, 2.05) is 18.2 Å². The number of benzene rings is 2. The first-order valence-corrected chi connectivity index (χ1v) is 9.98. The van der Waals surface area contributed by atoms with E-state index in [4.69, 9.17) is 4.74 Å². The topological polar surface area (TPSA) is 63.6 Å². The minimum Gasteiger partial charge on any atom is -0.507 e. The second-order valence-corrected chi connectivity index (χ2v) is 6.90. The maximum atomic E-state index is 12.4. The summed E-state index contributed by atoms with van der Waals surface area (Å²) in [5, 5.41) is 10.1. The highest BCUT2D eigenvalue weighted by atomic mass is 16.5. The number of rotatable bonds is 10. The van der Waals surface area contributed by atoms with Gasteiger partial charge in [-0.05, 0) is 32.4 Å². The number of unbranched alkanes of at least 4 members (excludes halogenated alkanes) is 5. The van der Waals surface area contributed by atoms with E-state index in [-0.39, 0.29) is 17.3 Å². The van der Waals surface area contributed by atoms with Gasteiger partial charge < -0.3 is 14.6 Å². The Bertz CT molecular complexity index is 719. The number of ether oxygens (including phenoxy) is 1. The lowest BCUT2D eigenvalue weighted by Gasteiger charge is -2.09. The van der Waals surface area contributed by atoms with E-state index in [0.717, 1.165) is 12.8 Å². The molecule has 4 nitrogen and oxygen atoms in total. The third kappa shape index (κ3) is 9.36. The first-order valence-electron chi connectivity index (χ1n) is 9.98. The number of phenols is 1. The van der Waals surface area contributed by atoms with Crippen LogP contribution in [0.15, 0.2) is 48.5 Å². The molecule has 0 radical (unpaired) electrons. The van der Waals surface area contributed by atoms with Crippen LogP contribution in [0, 0.1) is 0 Å². The van der Waals surface area contributed by atoms with Crippen molar-refractivity contribution in [1.82, 2.24) is 0 Å². The zero-order valence-corrected chi connectivity index (χ0v) is 17.2. The molecular weight excluding hydrogens is 352 g/mol. The number of carbonyl (C=O) groups is 2. The number of Topliss-reactive ketones (excluding diaryl/α,β-unsaturated/α-hetero) is 1. The van der Waals surface area contributed by atoms with Gasteiger partial charge in [0, 0.05) is 11.6 Å². The molecule has 1 N–H and O–H groups in total. The zero-order valence-electron chi connectivity index (χ0n) is 17.2. The Balaban J connectivity index is 0.000000892. The normalized spacial score (nSPS) is 9.96. The summed E-state index contributed by atoms with van der Waals surface area (Å²) >= 11 is 0. The number of carbonyl (C=O) groups excluding carboxylic acids is 2. The van der Waals surface area contributed by atoms with Crippen molar-refractivity contribution in [2.45, 2.75) is 59.3 Å². The van der Waals surface area contributed by atoms with Crippen LogP contribution in [0.2, 0.25) is 0 Å². The number of hydrogen-bond acceptors (Lipinski definition) is 4. The van der Waals surface area contributed by atoms with Gasteiger partial charge in [0.15, 0.2) is 5.78 Å². The molecule has 0 bridgehead atoms. The summed E-state index contributed by atoms with van der Waals surface area (Å²) in [5.41, 5.74) is 0.863. The molecule has 4 heteroatoms. The number of hydrogen-bond donors (Lipinski definition) is 1. The van der Waals surface area contributed by atoms with Crippen LogP contribution in [-0.4, -0.2) is 23.3 Å². The molecule has 0 unspecified atom stereocenters. The molecule has 2 aromatic rings. The number of phenolic OH excluding ortho intramolecular Hbond substituents is 1. The smallest absolute Gasteiger partial charge is 0.196 e. The van der Waals surface area contributed by atoms with E-state index in [2.05, 4.69) is 6.92 Å². The number of aromatic hydroxyl groups is 1. The number of ketones is 2. The third-order valence-corrected chi connectivity index (χ3v) is 4.02. The average Bonchev–Trinajstić information content (AvgIpc) is 2.67. The van der Waals surface area contributed by atoms with Gasteiger partial charge in [-0.15, -0.1) is 0 Å². The average molecular weight is 385 g/mol. The molecule has 28 heavy (non-hydrogen) atoms. The van der Waals surface area contributed by atoms with Gasteiger partial charge in [0.25, 0.3) is 0 Å². The molecule has 2 aromatic carbocycles. The lowest BCUT2D eigenvalue weighted by atomic mass is 10.0. The molecule has 0 spiro atoms. The predicted octanol–water partition coefficient (Wildman–Crippen LogP) is 5.96. The SMILES string of the molecule is CC(C)=O.CCCCCCCCOc1ccc(C(=O)c2ccccc2)c(O)c1. The summed E-state index contributed by atoms with van der Waals surface area (Å²) in [7, 11) is 0. The Labute approximate surface area is 168 Å². The minimum atomic E-state index is -0.185. The molecule has 0 saturated heterocycles. The maximum absolute atomic E-state index is 12.4. The zero-order chi connectivity index (χ0) is 20.8. The van der Waals surface area contributed by atoms with Crippen LogP contribution in [0.5, 0.6) is 11.5 Å². The molecule has 0 heterocycles. The Morgan fingerprint density at radius 2 is 1.50 bits per heavy atom. The first-order chi connectivity index (χ1) is 13.5. The fourth-order valence-electron chi connectivity index (χ4n) is 2.61. The largest absolute Gasteiger partial charge is 0.507 e. The Kier molecular flexibility index (Phi) is 11.3. The third-order valence-electron chi connectivity index (χ3n) is 4.02. The molecule has 2 rings (SSSR count). The molecule has 0 aliphatic carbocycles. The molecule has 0 aliphatic rings. The highest BCUT2D eigenvalue weighted by Gasteiger charge is 2.13. The van der Waals surface area contributed by atoms with E-state index in [9.17, 15) is 14.7 Å². The van der Waals surface area contributed by atoms with Gasteiger partial charge in [0.1, 0.15) is 17.3 Å². The van der Waals surface area contributed by atoms with Gasteiger partial charge in [-0.25, -0.2) is 0 Å². The Morgan fingerprint density at radius 1 is 0.893 bits per heavy atom. The molecule has 0 aliphatic heterocycles. The van der Waals surface area contributed by atoms with E-state index < -0.39 is 0 Å². The summed E-state index contributed by atoms with van der Waals surface area (Å²) in [5.74, 6) is 0.547. The maximum Gasteiger partial charge on any atom is 0.196 e. The summed E-state index contributed by atoms with van der Waals surface area (Å²) in [6.45, 7) is 5.90. The molecule has 152 valence electrons.